The van der Waals surface area contributed by atoms with Gasteiger partial charge >= 0.3 is 6.09 Å². The van der Waals surface area contributed by atoms with Crippen LogP contribution in [0.2, 0.25) is 0 Å². The number of ether oxygens (including phenoxy) is 3. The lowest BCUT2D eigenvalue weighted by molar-refractivity contribution is 0.00597. The molecular formula is C30H34FN5O4. The average molecular weight is 548 g/mol. The fourth-order valence-corrected chi connectivity index (χ4v) is 6.16. The molecule has 10 heteroatoms. The van der Waals surface area contributed by atoms with E-state index in [0.29, 0.717) is 22.9 Å². The molecule has 0 spiro atoms. The van der Waals surface area contributed by atoms with Gasteiger partial charge in [-0.25, -0.2) is 9.18 Å². The van der Waals surface area contributed by atoms with Gasteiger partial charge in [0.1, 0.15) is 23.8 Å². The maximum Gasteiger partial charge on any atom is 0.410 e. The molecule has 0 saturated carbocycles. The molecule has 2 saturated heterocycles. The Morgan fingerprint density at radius 1 is 1.10 bits per heavy atom. The predicted molar refractivity (Wildman–Crippen MR) is 148 cm³/mol. The summed E-state index contributed by atoms with van der Waals surface area (Å²) in [4.78, 5) is 21.8. The van der Waals surface area contributed by atoms with Gasteiger partial charge in [0.05, 0.1) is 13.3 Å². The number of hydrogen-bond acceptors (Lipinski definition) is 8. The van der Waals surface area contributed by atoms with Crippen molar-refractivity contribution >= 4 is 11.9 Å². The minimum absolute atomic E-state index is 0.162. The van der Waals surface area contributed by atoms with E-state index >= 15 is 4.39 Å². The predicted octanol–water partition coefficient (Wildman–Crippen LogP) is 5.61. The van der Waals surface area contributed by atoms with E-state index in [1.165, 1.54) is 19.4 Å². The zero-order chi connectivity index (χ0) is 28.2. The first-order chi connectivity index (χ1) is 19.1. The Balaban J connectivity index is 1.21. The normalized spacial score (nSPS) is 21.2. The molecule has 2 bridgehead atoms. The molecule has 6 rings (SSSR count). The Labute approximate surface area is 233 Å². The number of aromatic nitrogens is 3. The molecule has 0 radical (unpaired) electrons. The number of fused-ring (bicyclic) bond motifs is 5. The number of halogens is 1. The number of anilines is 1. The van der Waals surface area contributed by atoms with Crippen LogP contribution in [0.1, 0.15) is 52.0 Å². The van der Waals surface area contributed by atoms with Crippen molar-refractivity contribution in [2.45, 2.75) is 76.8 Å². The summed E-state index contributed by atoms with van der Waals surface area (Å²) in [6, 6.07) is 9.46. The molecule has 1 unspecified atom stereocenters. The lowest BCUT2D eigenvalue weighted by Crippen LogP contribution is -2.53. The Kier molecular flexibility index (Phi) is 6.51. The Morgan fingerprint density at radius 2 is 1.85 bits per heavy atom. The van der Waals surface area contributed by atoms with Crippen molar-refractivity contribution in [3.05, 3.63) is 47.9 Å². The molecule has 3 aromatic rings. The zero-order valence-electron chi connectivity index (χ0n) is 23.5. The van der Waals surface area contributed by atoms with Gasteiger partial charge in [0, 0.05) is 47.9 Å². The van der Waals surface area contributed by atoms with Gasteiger partial charge in [-0.05, 0) is 81.8 Å². The molecular weight excluding hydrogens is 513 g/mol. The van der Waals surface area contributed by atoms with Crippen molar-refractivity contribution in [3.8, 4) is 34.0 Å². The lowest BCUT2D eigenvalue weighted by atomic mass is 9.94. The largest absolute Gasteiger partial charge is 0.480 e. The number of nitrogens with zero attached hydrogens (tertiary/aromatic N) is 5. The van der Waals surface area contributed by atoms with Gasteiger partial charge in [-0.15, -0.1) is 5.10 Å². The summed E-state index contributed by atoms with van der Waals surface area (Å²) in [6.45, 7) is 5.99. The van der Waals surface area contributed by atoms with Crippen LogP contribution in [-0.4, -0.2) is 64.1 Å². The molecule has 40 heavy (non-hydrogen) atoms. The standard InChI is InChI=1S/C30H34FN5O4/c1-30(2,3)40-29(37)36-19-6-7-20(36)13-21(12-19)35(4)26-9-8-22-23-14-25(31)24(10-18(23)16-39-28(22)33-26)17-11-27(38-5)34-32-15-17/h8-11,14-15,19-21H,6-7,12-13,16H2,1-5H3/t19-,20+,21?. The van der Waals surface area contributed by atoms with Crippen molar-refractivity contribution in [1.29, 1.82) is 0 Å². The average Bonchev–Trinajstić information content (AvgIpc) is 3.20. The molecule has 1 aromatic carbocycles. The second-order valence-corrected chi connectivity index (χ2v) is 11.8. The minimum Gasteiger partial charge on any atom is -0.480 e. The summed E-state index contributed by atoms with van der Waals surface area (Å²) in [5, 5.41) is 7.78. The zero-order valence-corrected chi connectivity index (χ0v) is 23.5. The van der Waals surface area contributed by atoms with Gasteiger partial charge in [0.25, 0.3) is 0 Å². The third kappa shape index (κ3) is 4.80. The highest BCUT2D eigenvalue weighted by molar-refractivity contribution is 5.78. The van der Waals surface area contributed by atoms with Gasteiger partial charge in [-0.3, -0.25) is 0 Å². The Bertz CT molecular complexity index is 1440. The first-order valence-corrected chi connectivity index (χ1v) is 13.7. The van der Waals surface area contributed by atoms with Crippen LogP contribution < -0.4 is 14.4 Å². The van der Waals surface area contributed by atoms with E-state index in [-0.39, 0.29) is 36.6 Å². The first-order valence-electron chi connectivity index (χ1n) is 13.7. The van der Waals surface area contributed by atoms with Gasteiger partial charge in [0.15, 0.2) is 0 Å². The molecule has 3 atom stereocenters. The highest BCUT2D eigenvalue weighted by Crippen LogP contribution is 2.42. The van der Waals surface area contributed by atoms with Crippen molar-refractivity contribution in [2.24, 2.45) is 0 Å². The molecule has 210 valence electrons. The van der Waals surface area contributed by atoms with E-state index in [1.807, 2.05) is 44.9 Å². The maximum atomic E-state index is 15.3. The quantitative estimate of drug-likeness (QED) is 0.416. The molecule has 5 heterocycles. The summed E-state index contributed by atoms with van der Waals surface area (Å²) in [5.41, 5.74) is 2.88. The number of carbonyl (C=O) groups excluding carboxylic acids is 1. The summed E-state index contributed by atoms with van der Waals surface area (Å²) < 4.78 is 32.2. The van der Waals surface area contributed by atoms with E-state index in [0.717, 1.165) is 48.2 Å². The minimum atomic E-state index is -0.510. The monoisotopic (exact) mass is 547 g/mol. The molecule has 3 aliphatic heterocycles. The van der Waals surface area contributed by atoms with E-state index in [9.17, 15) is 4.79 Å². The van der Waals surface area contributed by atoms with E-state index in [2.05, 4.69) is 15.1 Å². The number of hydrogen-bond donors (Lipinski definition) is 0. The molecule has 1 amide bonds. The summed E-state index contributed by atoms with van der Waals surface area (Å²) in [7, 11) is 3.54. The van der Waals surface area contributed by atoms with Crippen LogP contribution in [0.3, 0.4) is 0 Å². The smallest absolute Gasteiger partial charge is 0.410 e. The molecule has 0 aliphatic carbocycles. The maximum absolute atomic E-state index is 15.3. The first kappa shape index (κ1) is 26.3. The van der Waals surface area contributed by atoms with Crippen molar-refractivity contribution in [3.63, 3.8) is 0 Å². The molecule has 2 aromatic heterocycles. The number of carbonyl (C=O) groups is 1. The van der Waals surface area contributed by atoms with Crippen LogP contribution in [0, 0.1) is 5.82 Å². The summed E-state index contributed by atoms with van der Waals surface area (Å²) in [5.74, 6) is 1.24. The van der Waals surface area contributed by atoms with Crippen molar-refractivity contribution < 1.29 is 23.4 Å². The summed E-state index contributed by atoms with van der Waals surface area (Å²) in [6.07, 6.45) is 4.99. The second-order valence-electron chi connectivity index (χ2n) is 11.8. The highest BCUT2D eigenvalue weighted by Gasteiger charge is 2.46. The molecule has 9 nitrogen and oxygen atoms in total. The number of amides is 1. The number of methoxy groups -OCH3 is 1. The molecule has 3 aliphatic rings. The fourth-order valence-electron chi connectivity index (χ4n) is 6.16. The van der Waals surface area contributed by atoms with Crippen LogP contribution in [-0.2, 0) is 11.3 Å². The summed E-state index contributed by atoms with van der Waals surface area (Å²) >= 11 is 0. The van der Waals surface area contributed by atoms with E-state index in [4.69, 9.17) is 19.2 Å². The number of rotatable bonds is 4. The van der Waals surface area contributed by atoms with Gasteiger partial charge in [-0.1, -0.05) is 0 Å². The van der Waals surface area contributed by atoms with Crippen LogP contribution in [0.15, 0.2) is 36.5 Å². The highest BCUT2D eigenvalue weighted by atomic mass is 19.1. The third-order valence-corrected chi connectivity index (χ3v) is 8.07. The molecule has 0 N–H and O–H groups in total. The Hall–Kier alpha value is -3.95. The number of pyridine rings is 1. The SMILES string of the molecule is COc1cc(-c2cc3c(cc2F)-c2ccc(N(C)C4C[C@H]5CC[C@@H](C4)N5C(=O)OC(C)(C)C)nc2OC3)cnn1. The molecule has 2 fully saturated rings. The van der Waals surface area contributed by atoms with Crippen LogP contribution >= 0.6 is 0 Å². The van der Waals surface area contributed by atoms with E-state index in [1.54, 1.807) is 12.1 Å². The number of benzene rings is 1. The third-order valence-electron chi connectivity index (χ3n) is 8.07. The van der Waals surface area contributed by atoms with Crippen LogP contribution in [0.25, 0.3) is 22.3 Å². The van der Waals surface area contributed by atoms with Gasteiger partial charge in [0.2, 0.25) is 11.8 Å². The fraction of sp³-hybridized carbons (Fsp3) is 0.467. The van der Waals surface area contributed by atoms with Crippen LogP contribution in [0.4, 0.5) is 15.0 Å². The van der Waals surface area contributed by atoms with E-state index < -0.39 is 5.60 Å². The topological polar surface area (TPSA) is 89.9 Å². The van der Waals surface area contributed by atoms with Crippen molar-refractivity contribution in [1.82, 2.24) is 20.1 Å². The van der Waals surface area contributed by atoms with Gasteiger partial charge in [-0.2, -0.15) is 10.1 Å². The lowest BCUT2D eigenvalue weighted by Gasteiger charge is -2.42. The Morgan fingerprint density at radius 3 is 2.55 bits per heavy atom. The van der Waals surface area contributed by atoms with Gasteiger partial charge < -0.3 is 24.0 Å². The number of piperidine rings is 1. The van der Waals surface area contributed by atoms with Crippen molar-refractivity contribution in [2.75, 3.05) is 19.1 Å². The van der Waals surface area contributed by atoms with Crippen LogP contribution in [0.5, 0.6) is 11.8 Å². The second kappa shape index (κ2) is 9.91.